The molecule has 0 aliphatic carbocycles. The lowest BCUT2D eigenvalue weighted by molar-refractivity contribution is 0.544. The van der Waals surface area contributed by atoms with Crippen LogP contribution >= 0.6 is 27.5 Å². The molecule has 1 aromatic heterocycles. The van der Waals surface area contributed by atoms with E-state index in [2.05, 4.69) is 25.6 Å². The van der Waals surface area contributed by atoms with Crippen LogP contribution in [0.3, 0.4) is 0 Å². The summed E-state index contributed by atoms with van der Waals surface area (Å²) >= 11 is 8.26. The Morgan fingerprint density at radius 2 is 2.12 bits per heavy atom. The molecule has 16 heavy (non-hydrogen) atoms. The second-order valence-corrected chi connectivity index (χ2v) is 7.58. The van der Waals surface area contributed by atoms with Gasteiger partial charge in [0.1, 0.15) is 4.75 Å². The van der Waals surface area contributed by atoms with Crippen LogP contribution in [-0.4, -0.2) is 14.3 Å². The van der Waals surface area contributed by atoms with Crippen LogP contribution in [0, 0.1) is 0 Å². The maximum Gasteiger partial charge on any atom is 0.136 e. The summed E-state index contributed by atoms with van der Waals surface area (Å²) in [6.07, 6.45) is 3.30. The minimum Gasteiger partial charge on any atom is -0.598 e. The van der Waals surface area contributed by atoms with Crippen LogP contribution in [0.15, 0.2) is 16.9 Å². The van der Waals surface area contributed by atoms with Gasteiger partial charge < -0.3 is 4.55 Å². The molecule has 0 aliphatic heterocycles. The fourth-order valence-electron chi connectivity index (χ4n) is 0.942. The zero-order chi connectivity index (χ0) is 12.3. The lowest BCUT2D eigenvalue weighted by atomic mass is 10.3. The van der Waals surface area contributed by atoms with Gasteiger partial charge in [-0.05, 0) is 36.7 Å². The zero-order valence-corrected chi connectivity index (χ0v) is 12.5. The van der Waals surface area contributed by atoms with Crippen LogP contribution in [0.25, 0.3) is 0 Å². The van der Waals surface area contributed by atoms with Crippen molar-refractivity contribution in [1.82, 2.24) is 9.71 Å². The summed E-state index contributed by atoms with van der Waals surface area (Å²) in [5.41, 5.74) is 0.827. The minimum absolute atomic E-state index is 0.286. The summed E-state index contributed by atoms with van der Waals surface area (Å²) in [6.45, 7) is 6.18. The van der Waals surface area contributed by atoms with Crippen molar-refractivity contribution in [2.24, 2.45) is 0 Å². The van der Waals surface area contributed by atoms with E-state index in [1.807, 2.05) is 20.8 Å². The number of hydrogen-bond donors (Lipinski definition) is 1. The van der Waals surface area contributed by atoms with Crippen molar-refractivity contribution in [2.45, 2.75) is 32.1 Å². The highest BCUT2D eigenvalue weighted by atomic mass is 79.9. The Morgan fingerprint density at radius 1 is 1.50 bits per heavy atom. The molecule has 6 heteroatoms. The smallest absolute Gasteiger partial charge is 0.136 e. The van der Waals surface area contributed by atoms with E-state index >= 15 is 0 Å². The highest BCUT2D eigenvalue weighted by Gasteiger charge is 2.26. The van der Waals surface area contributed by atoms with Gasteiger partial charge in [0.2, 0.25) is 0 Å². The van der Waals surface area contributed by atoms with Crippen molar-refractivity contribution in [3.63, 3.8) is 0 Å². The number of nitrogens with zero attached hydrogens (tertiary/aromatic N) is 1. The van der Waals surface area contributed by atoms with Gasteiger partial charge in [-0.15, -0.1) is 4.72 Å². The predicted molar refractivity (Wildman–Crippen MR) is 71.7 cm³/mol. The Kier molecular flexibility index (Phi) is 5.07. The maximum absolute atomic E-state index is 11.8. The number of hydrogen-bond acceptors (Lipinski definition) is 3. The molecule has 90 valence electrons. The van der Waals surface area contributed by atoms with E-state index < -0.39 is 11.4 Å². The second-order valence-electron chi connectivity index (χ2n) is 4.30. The van der Waals surface area contributed by atoms with Crippen molar-refractivity contribution >= 4 is 38.9 Å². The number of rotatable bonds is 3. The van der Waals surface area contributed by atoms with Crippen molar-refractivity contribution in [3.8, 4) is 0 Å². The molecule has 1 rings (SSSR count). The third-order valence-corrected chi connectivity index (χ3v) is 4.65. The third-order valence-electron chi connectivity index (χ3n) is 1.86. The van der Waals surface area contributed by atoms with E-state index in [-0.39, 0.29) is 4.75 Å². The van der Waals surface area contributed by atoms with Gasteiger partial charge >= 0.3 is 0 Å². The van der Waals surface area contributed by atoms with Crippen LogP contribution in [0.5, 0.6) is 0 Å². The molecule has 0 bridgehead atoms. The standard InChI is InChI=1S/C10H14BrClN2OS/c1-10(2,3)16(15)14-5-7-4-13-6-8(11)9(7)12/h4,6,14H,5H2,1-3H3/t16-/m1/s1. The highest BCUT2D eigenvalue weighted by molar-refractivity contribution is 9.10. The van der Waals surface area contributed by atoms with Crippen molar-refractivity contribution in [3.05, 3.63) is 27.5 Å². The van der Waals surface area contributed by atoms with Gasteiger partial charge in [-0.3, -0.25) is 4.98 Å². The Labute approximate surface area is 112 Å². The lowest BCUT2D eigenvalue weighted by Gasteiger charge is -2.23. The van der Waals surface area contributed by atoms with Crippen molar-refractivity contribution < 1.29 is 4.55 Å². The molecule has 0 amide bonds. The summed E-state index contributed by atoms with van der Waals surface area (Å²) in [4.78, 5) is 4.01. The summed E-state index contributed by atoms with van der Waals surface area (Å²) in [7, 11) is 0. The Morgan fingerprint density at radius 3 is 2.69 bits per heavy atom. The topological polar surface area (TPSA) is 48.0 Å². The SMILES string of the molecule is CC(C)(C)[S@@+]([O-])NCc1cncc(Br)c1Cl. The largest absolute Gasteiger partial charge is 0.598 e. The third kappa shape index (κ3) is 3.89. The first kappa shape index (κ1) is 14.3. The Balaban J connectivity index is 2.65. The molecule has 1 atom stereocenters. The molecule has 1 N–H and O–H groups in total. The van der Waals surface area contributed by atoms with Gasteiger partial charge in [0, 0.05) is 29.3 Å². The van der Waals surface area contributed by atoms with E-state index in [0.717, 1.165) is 10.0 Å². The monoisotopic (exact) mass is 324 g/mol. The summed E-state index contributed by atoms with van der Waals surface area (Å²) in [5, 5.41) is 0.605. The average Bonchev–Trinajstić information content (AvgIpc) is 2.18. The van der Waals surface area contributed by atoms with Gasteiger partial charge in [-0.1, -0.05) is 11.6 Å². The Bertz CT molecular complexity index is 370. The predicted octanol–water partition coefficient (Wildman–Crippen LogP) is 3.05. The fraction of sp³-hybridized carbons (Fsp3) is 0.500. The molecule has 1 aromatic rings. The Hall–Kier alpha value is 0.190. The first-order valence-corrected chi connectivity index (χ1v) is 7.07. The number of nitrogens with one attached hydrogen (secondary N) is 1. The van der Waals surface area contributed by atoms with Crippen molar-refractivity contribution in [2.75, 3.05) is 0 Å². The molecule has 0 unspecified atom stereocenters. The second kappa shape index (κ2) is 5.69. The van der Waals surface area contributed by atoms with Crippen LogP contribution < -0.4 is 4.72 Å². The quantitative estimate of drug-likeness (QED) is 0.869. The molecule has 0 radical (unpaired) electrons. The molecular weight excluding hydrogens is 312 g/mol. The first-order valence-electron chi connectivity index (χ1n) is 4.75. The van der Waals surface area contributed by atoms with E-state index in [1.165, 1.54) is 0 Å². The van der Waals surface area contributed by atoms with Crippen LogP contribution in [0.1, 0.15) is 26.3 Å². The molecule has 0 aliphatic rings. The van der Waals surface area contributed by atoms with Gasteiger partial charge in [-0.2, -0.15) is 0 Å². The van der Waals surface area contributed by atoms with E-state index in [9.17, 15) is 4.55 Å². The molecule has 0 fully saturated rings. The van der Waals surface area contributed by atoms with E-state index in [4.69, 9.17) is 11.6 Å². The molecule has 1 heterocycles. The molecular formula is C10H14BrClN2OS. The van der Waals surface area contributed by atoms with Crippen molar-refractivity contribution in [1.29, 1.82) is 0 Å². The molecule has 0 aromatic carbocycles. The van der Waals surface area contributed by atoms with Crippen LogP contribution in [0.4, 0.5) is 0 Å². The van der Waals surface area contributed by atoms with Crippen LogP contribution in [-0.2, 0) is 17.9 Å². The minimum atomic E-state index is -1.10. The first-order chi connectivity index (χ1) is 7.32. The fourth-order valence-corrected chi connectivity index (χ4v) is 2.20. The molecule has 0 saturated heterocycles. The highest BCUT2D eigenvalue weighted by Crippen LogP contribution is 2.25. The van der Waals surface area contributed by atoms with Gasteiger partial charge in [0.15, 0.2) is 0 Å². The normalized spacial score (nSPS) is 13.9. The van der Waals surface area contributed by atoms with E-state index in [0.29, 0.717) is 11.6 Å². The lowest BCUT2D eigenvalue weighted by Crippen LogP contribution is -2.39. The molecule has 3 nitrogen and oxygen atoms in total. The van der Waals surface area contributed by atoms with Gasteiger partial charge in [0.25, 0.3) is 0 Å². The summed E-state index contributed by atoms with van der Waals surface area (Å²) in [5.74, 6) is 0. The number of aromatic nitrogens is 1. The number of halogens is 2. The summed E-state index contributed by atoms with van der Waals surface area (Å²) in [6, 6.07) is 0. The molecule has 0 spiro atoms. The van der Waals surface area contributed by atoms with Gasteiger partial charge in [-0.25, -0.2) is 0 Å². The number of pyridine rings is 1. The maximum atomic E-state index is 11.8. The van der Waals surface area contributed by atoms with Crippen LogP contribution in [0.2, 0.25) is 5.02 Å². The van der Waals surface area contributed by atoms with E-state index in [1.54, 1.807) is 12.4 Å². The molecule has 0 saturated carbocycles. The average molecular weight is 326 g/mol. The summed E-state index contributed by atoms with van der Waals surface area (Å²) < 4.78 is 15.2. The zero-order valence-electron chi connectivity index (χ0n) is 9.38. The van der Waals surface area contributed by atoms with Gasteiger partial charge in [0.05, 0.1) is 16.0 Å².